The number of benzene rings is 1. The number of carboxylic acid groups (broad SMARTS) is 1. The van der Waals surface area contributed by atoms with Crippen molar-refractivity contribution in [3.63, 3.8) is 0 Å². The van der Waals surface area contributed by atoms with Gasteiger partial charge >= 0.3 is 5.97 Å². The van der Waals surface area contributed by atoms with Gasteiger partial charge in [-0.15, -0.1) is 0 Å². The molecular weight excluding hydrogens is 322 g/mol. The molecule has 0 fully saturated rings. The first kappa shape index (κ1) is 16.1. The van der Waals surface area contributed by atoms with Crippen LogP contribution in [0.25, 0.3) is 16.6 Å². The minimum Gasteiger partial charge on any atom is -0.493 e. The van der Waals surface area contributed by atoms with Gasteiger partial charge < -0.3 is 14.6 Å². The fourth-order valence-corrected chi connectivity index (χ4v) is 2.28. The molecule has 0 radical (unpaired) electrons. The number of pyridine rings is 1. The summed E-state index contributed by atoms with van der Waals surface area (Å²) >= 11 is 0. The lowest BCUT2D eigenvalue weighted by Crippen LogP contribution is -1.98. The smallest absolute Gasteiger partial charge is 0.333 e. The zero-order valence-electron chi connectivity index (χ0n) is 13.2. The minimum absolute atomic E-state index is 0.179. The molecule has 0 aliphatic heterocycles. The average molecular weight is 335 g/mol. The van der Waals surface area contributed by atoms with Crippen molar-refractivity contribution in [3.8, 4) is 17.4 Å². The Labute approximate surface area is 143 Å². The summed E-state index contributed by atoms with van der Waals surface area (Å²) < 4.78 is 12.7. The molecule has 2 heterocycles. The number of nitrogens with zero attached hydrogens (tertiary/aromatic N) is 3. The van der Waals surface area contributed by atoms with Gasteiger partial charge in [-0.3, -0.25) is 9.20 Å². The molecule has 0 aliphatic rings. The fraction of sp³-hybridized carbons (Fsp3) is 0.0556. The van der Waals surface area contributed by atoms with Crippen molar-refractivity contribution in [2.24, 2.45) is 0 Å². The van der Waals surface area contributed by atoms with E-state index in [9.17, 15) is 4.79 Å². The van der Waals surface area contributed by atoms with Crippen molar-refractivity contribution in [1.29, 1.82) is 0 Å². The normalized spacial score (nSPS) is 11.1. The molecule has 124 valence electrons. The van der Waals surface area contributed by atoms with Crippen LogP contribution < -0.4 is 9.47 Å². The Balaban J connectivity index is 2.22. The maximum absolute atomic E-state index is 11.2. The summed E-state index contributed by atoms with van der Waals surface area (Å²) in [5.74, 6) is -0.101. The van der Waals surface area contributed by atoms with Gasteiger partial charge in [0.1, 0.15) is 5.75 Å². The van der Waals surface area contributed by atoms with E-state index in [0.29, 0.717) is 22.8 Å². The minimum atomic E-state index is -1.32. The van der Waals surface area contributed by atoms with E-state index in [1.54, 1.807) is 34.9 Å². The number of rotatable bonds is 5. The van der Waals surface area contributed by atoms with Gasteiger partial charge in [0.05, 0.1) is 19.4 Å². The number of ether oxygens (including phenoxy) is 2. The van der Waals surface area contributed by atoms with E-state index in [0.717, 1.165) is 0 Å². The maximum Gasteiger partial charge on any atom is 0.333 e. The molecule has 0 bridgehead atoms. The van der Waals surface area contributed by atoms with Gasteiger partial charge in [-0.1, -0.05) is 18.2 Å². The summed E-state index contributed by atoms with van der Waals surface area (Å²) in [6.07, 6.45) is 2.92. The predicted molar refractivity (Wildman–Crippen MR) is 90.5 cm³/mol. The number of imidazole rings is 1. The lowest BCUT2D eigenvalue weighted by atomic mass is 10.3. The van der Waals surface area contributed by atoms with Crippen LogP contribution in [0.4, 0.5) is 0 Å². The van der Waals surface area contributed by atoms with Gasteiger partial charge in [0.2, 0.25) is 5.88 Å². The first-order valence-corrected chi connectivity index (χ1v) is 7.24. The third-order valence-electron chi connectivity index (χ3n) is 3.41. The Morgan fingerprint density at radius 2 is 2.04 bits per heavy atom. The summed E-state index contributed by atoms with van der Waals surface area (Å²) in [6, 6.07) is 12.4. The van der Waals surface area contributed by atoms with Crippen LogP contribution in [0.3, 0.4) is 0 Å². The van der Waals surface area contributed by atoms with Crippen molar-refractivity contribution >= 4 is 17.7 Å². The number of carbonyl (C=O) groups is 1. The quantitative estimate of drug-likeness (QED) is 0.570. The molecule has 0 spiro atoms. The van der Waals surface area contributed by atoms with Crippen molar-refractivity contribution in [2.45, 2.75) is 0 Å². The van der Waals surface area contributed by atoms with Crippen LogP contribution in [-0.4, -0.2) is 27.6 Å². The van der Waals surface area contributed by atoms with Gasteiger partial charge in [0.15, 0.2) is 11.4 Å². The second-order valence-corrected chi connectivity index (χ2v) is 4.93. The highest BCUT2D eigenvalue weighted by Crippen LogP contribution is 2.31. The Hall–Kier alpha value is -3.79. The third-order valence-corrected chi connectivity index (χ3v) is 3.41. The van der Waals surface area contributed by atoms with Crippen LogP contribution in [-0.2, 0) is 4.79 Å². The monoisotopic (exact) mass is 335 g/mol. The molecule has 0 amide bonds. The van der Waals surface area contributed by atoms with Crippen molar-refractivity contribution in [3.05, 3.63) is 71.5 Å². The number of methoxy groups -OCH3 is 1. The number of para-hydroxylation sites is 1. The van der Waals surface area contributed by atoms with Crippen molar-refractivity contribution in [2.75, 3.05) is 7.11 Å². The third kappa shape index (κ3) is 3.14. The van der Waals surface area contributed by atoms with Gasteiger partial charge in [-0.25, -0.2) is 4.85 Å². The number of aromatic nitrogens is 2. The van der Waals surface area contributed by atoms with E-state index in [1.807, 2.05) is 18.2 Å². The molecule has 7 nitrogen and oxygen atoms in total. The Kier molecular flexibility index (Phi) is 4.35. The molecule has 0 aliphatic carbocycles. The number of hydrogen-bond acceptors (Lipinski definition) is 4. The Morgan fingerprint density at radius 1 is 1.28 bits per heavy atom. The lowest BCUT2D eigenvalue weighted by Gasteiger charge is -2.04. The van der Waals surface area contributed by atoms with E-state index in [4.69, 9.17) is 21.2 Å². The molecule has 3 aromatic rings. The van der Waals surface area contributed by atoms with Crippen LogP contribution in [0.15, 0.2) is 54.4 Å². The molecule has 0 saturated heterocycles. The molecule has 3 rings (SSSR count). The SMILES string of the molecule is [C-]#[N+]/C(=C\c1c(Oc2ccccc2)nc2c(OC)cccn12)C(=O)O. The number of aliphatic carboxylic acids is 1. The highest BCUT2D eigenvalue weighted by Gasteiger charge is 2.18. The number of fused-ring (bicyclic) bond motifs is 1. The Bertz CT molecular complexity index is 1000. The summed E-state index contributed by atoms with van der Waals surface area (Å²) in [5.41, 5.74) is 0.352. The van der Waals surface area contributed by atoms with Gasteiger partial charge in [0, 0.05) is 6.20 Å². The van der Waals surface area contributed by atoms with Crippen LogP contribution in [0.5, 0.6) is 17.4 Å². The molecule has 0 unspecified atom stereocenters. The predicted octanol–water partition coefficient (Wildman–Crippen LogP) is 3.48. The van der Waals surface area contributed by atoms with E-state index in [1.165, 1.54) is 13.2 Å². The molecule has 25 heavy (non-hydrogen) atoms. The zero-order chi connectivity index (χ0) is 17.8. The van der Waals surface area contributed by atoms with Crippen molar-refractivity contribution in [1.82, 2.24) is 9.38 Å². The van der Waals surface area contributed by atoms with Crippen molar-refractivity contribution < 1.29 is 19.4 Å². The van der Waals surface area contributed by atoms with E-state index >= 15 is 0 Å². The maximum atomic E-state index is 11.2. The van der Waals surface area contributed by atoms with E-state index in [-0.39, 0.29) is 5.88 Å². The second-order valence-electron chi connectivity index (χ2n) is 4.93. The van der Waals surface area contributed by atoms with Crippen LogP contribution >= 0.6 is 0 Å². The van der Waals surface area contributed by atoms with Gasteiger partial charge in [0.25, 0.3) is 5.70 Å². The molecular formula is C18H13N3O4. The standard InChI is InChI=1S/C18H13N3O4/c1-19-13(18(22)23)11-14-17(25-12-7-4-3-5-8-12)20-16-15(24-2)9-6-10-21(14)16/h3-11H,2H3,(H,22,23)/b13-11-. The largest absolute Gasteiger partial charge is 0.493 e. The van der Waals surface area contributed by atoms with Crippen LogP contribution in [0.1, 0.15) is 5.69 Å². The first-order chi connectivity index (χ1) is 12.1. The Morgan fingerprint density at radius 3 is 2.68 bits per heavy atom. The topological polar surface area (TPSA) is 77.4 Å². The summed E-state index contributed by atoms with van der Waals surface area (Å²) in [4.78, 5) is 18.7. The molecule has 0 saturated carbocycles. The average Bonchev–Trinajstić information content (AvgIpc) is 2.97. The lowest BCUT2D eigenvalue weighted by molar-refractivity contribution is -0.132. The first-order valence-electron chi connectivity index (χ1n) is 7.24. The van der Waals surface area contributed by atoms with Crippen LogP contribution in [0.2, 0.25) is 0 Å². The van der Waals surface area contributed by atoms with Gasteiger partial charge in [-0.2, -0.15) is 4.98 Å². The second kappa shape index (κ2) is 6.76. The molecule has 0 atom stereocenters. The summed E-state index contributed by atoms with van der Waals surface area (Å²) in [6.45, 7) is 7.05. The van der Waals surface area contributed by atoms with Crippen LogP contribution in [0, 0.1) is 6.57 Å². The fourth-order valence-electron chi connectivity index (χ4n) is 2.28. The molecule has 1 N–H and O–H groups in total. The number of carboxylic acids is 1. The van der Waals surface area contributed by atoms with E-state index in [2.05, 4.69) is 9.83 Å². The summed E-state index contributed by atoms with van der Waals surface area (Å²) in [5, 5.41) is 9.15. The van der Waals surface area contributed by atoms with E-state index < -0.39 is 11.7 Å². The van der Waals surface area contributed by atoms with Gasteiger partial charge in [-0.05, 0) is 30.3 Å². The molecule has 7 heteroatoms. The highest BCUT2D eigenvalue weighted by atomic mass is 16.5. The zero-order valence-corrected chi connectivity index (χ0v) is 13.2. The highest BCUT2D eigenvalue weighted by molar-refractivity contribution is 5.94. The summed E-state index contributed by atoms with van der Waals surface area (Å²) in [7, 11) is 1.51. The number of hydrogen-bond donors (Lipinski definition) is 1. The molecule has 1 aromatic carbocycles. The molecule has 2 aromatic heterocycles.